The molecule has 0 saturated heterocycles. The molecule has 0 aliphatic carbocycles. The number of rotatable bonds is 7. The number of benzene rings is 1. The maximum atomic E-state index is 12.6. The van der Waals surface area contributed by atoms with Gasteiger partial charge >= 0.3 is 0 Å². The zero-order valence-electron chi connectivity index (χ0n) is 9.39. The second-order valence-corrected chi connectivity index (χ2v) is 5.34. The van der Waals surface area contributed by atoms with E-state index in [0.717, 1.165) is 12.0 Å². The third-order valence-electron chi connectivity index (χ3n) is 2.26. The van der Waals surface area contributed by atoms with E-state index in [1.54, 1.807) is 12.1 Å². The number of halogens is 1. The molecule has 96 valence electrons. The third kappa shape index (κ3) is 7.04. The smallest absolute Gasteiger partial charge is 0.264 e. The van der Waals surface area contributed by atoms with Gasteiger partial charge in [-0.1, -0.05) is 12.1 Å². The van der Waals surface area contributed by atoms with E-state index in [0.29, 0.717) is 19.5 Å². The highest BCUT2D eigenvalue weighted by Gasteiger charge is 2.02. The highest BCUT2D eigenvalue weighted by molar-refractivity contribution is 7.85. The largest absolute Gasteiger partial charge is 0.316 e. The van der Waals surface area contributed by atoms with Gasteiger partial charge in [0.25, 0.3) is 10.1 Å². The molecule has 0 atom stereocenters. The zero-order chi connectivity index (χ0) is 12.7. The van der Waals surface area contributed by atoms with Crippen LogP contribution in [0.25, 0.3) is 0 Å². The van der Waals surface area contributed by atoms with Gasteiger partial charge in [-0.25, -0.2) is 4.39 Å². The van der Waals surface area contributed by atoms with Gasteiger partial charge in [0.2, 0.25) is 0 Å². The van der Waals surface area contributed by atoms with E-state index in [9.17, 15) is 12.8 Å². The first-order chi connectivity index (χ1) is 7.97. The lowest BCUT2D eigenvalue weighted by atomic mass is 10.1. The van der Waals surface area contributed by atoms with Crippen molar-refractivity contribution in [3.8, 4) is 0 Å². The van der Waals surface area contributed by atoms with Crippen LogP contribution in [0.15, 0.2) is 24.3 Å². The molecule has 17 heavy (non-hydrogen) atoms. The van der Waals surface area contributed by atoms with E-state index in [1.807, 2.05) is 0 Å². The summed E-state index contributed by atoms with van der Waals surface area (Å²) in [4.78, 5) is 0. The minimum absolute atomic E-state index is 0.226. The normalized spacial score (nSPS) is 11.6. The number of hydrogen-bond acceptors (Lipinski definition) is 3. The van der Waals surface area contributed by atoms with Crippen LogP contribution in [0, 0.1) is 5.82 Å². The van der Waals surface area contributed by atoms with Crippen molar-refractivity contribution in [2.75, 3.05) is 18.8 Å². The van der Waals surface area contributed by atoms with Gasteiger partial charge in [-0.3, -0.25) is 4.55 Å². The fourth-order valence-corrected chi connectivity index (χ4v) is 1.90. The molecule has 0 bridgehead atoms. The Labute approximate surface area is 101 Å². The van der Waals surface area contributed by atoms with Crippen LogP contribution in [0.5, 0.6) is 0 Å². The first-order valence-corrected chi connectivity index (χ1v) is 6.98. The Balaban J connectivity index is 2.10. The van der Waals surface area contributed by atoms with Gasteiger partial charge in [-0.2, -0.15) is 8.42 Å². The SMILES string of the molecule is O=S(=O)(O)CCCNCCc1ccc(F)cc1. The molecule has 0 unspecified atom stereocenters. The molecule has 0 heterocycles. The lowest BCUT2D eigenvalue weighted by Crippen LogP contribution is -2.20. The molecule has 1 aromatic rings. The van der Waals surface area contributed by atoms with E-state index < -0.39 is 10.1 Å². The summed E-state index contributed by atoms with van der Waals surface area (Å²) in [6.07, 6.45) is 1.13. The molecule has 0 fully saturated rings. The average Bonchev–Trinajstić information content (AvgIpc) is 2.24. The van der Waals surface area contributed by atoms with E-state index in [2.05, 4.69) is 5.32 Å². The summed E-state index contributed by atoms with van der Waals surface area (Å²) in [5.74, 6) is -0.480. The fourth-order valence-electron chi connectivity index (χ4n) is 1.39. The van der Waals surface area contributed by atoms with Crippen molar-refractivity contribution >= 4 is 10.1 Å². The van der Waals surface area contributed by atoms with E-state index in [4.69, 9.17) is 4.55 Å². The van der Waals surface area contributed by atoms with Crippen LogP contribution in [0.4, 0.5) is 4.39 Å². The minimum atomic E-state index is -3.85. The van der Waals surface area contributed by atoms with E-state index >= 15 is 0 Å². The number of hydrogen-bond donors (Lipinski definition) is 2. The summed E-state index contributed by atoms with van der Waals surface area (Å²) in [6.45, 7) is 1.22. The Kier molecular flexibility index (Phi) is 5.54. The molecule has 0 aliphatic heterocycles. The summed E-state index contributed by atoms with van der Waals surface area (Å²) in [6, 6.07) is 6.26. The molecule has 6 heteroatoms. The molecule has 0 aliphatic rings. The maximum Gasteiger partial charge on any atom is 0.264 e. The van der Waals surface area contributed by atoms with Crippen molar-refractivity contribution in [1.82, 2.24) is 5.32 Å². The third-order valence-corrected chi connectivity index (χ3v) is 3.06. The van der Waals surface area contributed by atoms with Crippen molar-refractivity contribution in [3.05, 3.63) is 35.6 Å². The fraction of sp³-hybridized carbons (Fsp3) is 0.455. The molecule has 0 aromatic heterocycles. The topological polar surface area (TPSA) is 66.4 Å². The van der Waals surface area contributed by atoms with Crippen molar-refractivity contribution in [3.63, 3.8) is 0 Å². The molecular weight excluding hydrogens is 245 g/mol. The Bertz CT molecular complexity index is 431. The summed E-state index contributed by atoms with van der Waals surface area (Å²) >= 11 is 0. The van der Waals surface area contributed by atoms with E-state index in [-0.39, 0.29) is 11.6 Å². The van der Waals surface area contributed by atoms with Gasteiger partial charge in [0.15, 0.2) is 0 Å². The molecular formula is C11H16FNO3S. The second kappa shape index (κ2) is 6.68. The summed E-state index contributed by atoms with van der Waals surface area (Å²) in [5, 5.41) is 3.05. The van der Waals surface area contributed by atoms with Gasteiger partial charge < -0.3 is 5.32 Å². The van der Waals surface area contributed by atoms with Crippen LogP contribution in [0.3, 0.4) is 0 Å². The van der Waals surface area contributed by atoms with Gasteiger partial charge in [0.05, 0.1) is 5.75 Å². The molecule has 4 nitrogen and oxygen atoms in total. The van der Waals surface area contributed by atoms with E-state index in [1.165, 1.54) is 12.1 Å². The van der Waals surface area contributed by atoms with Crippen LogP contribution in [0.2, 0.25) is 0 Å². The van der Waals surface area contributed by atoms with Crippen LogP contribution < -0.4 is 5.32 Å². The van der Waals surface area contributed by atoms with Gasteiger partial charge in [-0.05, 0) is 43.6 Å². The first kappa shape index (κ1) is 14.1. The Morgan fingerprint density at radius 1 is 1.18 bits per heavy atom. The lowest BCUT2D eigenvalue weighted by molar-refractivity contribution is 0.479. The van der Waals surface area contributed by atoms with Crippen LogP contribution in [0.1, 0.15) is 12.0 Å². The maximum absolute atomic E-state index is 12.6. The van der Waals surface area contributed by atoms with Crippen molar-refractivity contribution in [1.29, 1.82) is 0 Å². The lowest BCUT2D eigenvalue weighted by Gasteiger charge is -2.04. The van der Waals surface area contributed by atoms with Crippen molar-refractivity contribution in [2.45, 2.75) is 12.8 Å². The predicted molar refractivity (Wildman–Crippen MR) is 64.0 cm³/mol. The Hall–Kier alpha value is -0.980. The highest BCUT2D eigenvalue weighted by atomic mass is 32.2. The summed E-state index contributed by atoms with van der Waals surface area (Å²) in [7, 11) is -3.85. The van der Waals surface area contributed by atoms with Crippen molar-refractivity contribution in [2.24, 2.45) is 0 Å². The van der Waals surface area contributed by atoms with Gasteiger partial charge in [0, 0.05) is 0 Å². The van der Waals surface area contributed by atoms with Crippen LogP contribution in [-0.4, -0.2) is 31.8 Å². The molecule has 0 radical (unpaired) electrons. The first-order valence-electron chi connectivity index (χ1n) is 5.38. The van der Waals surface area contributed by atoms with Gasteiger partial charge in [0.1, 0.15) is 5.82 Å². The summed E-state index contributed by atoms with van der Waals surface area (Å²) in [5.41, 5.74) is 1.02. The Morgan fingerprint density at radius 3 is 2.41 bits per heavy atom. The molecule has 0 saturated carbocycles. The Morgan fingerprint density at radius 2 is 1.82 bits per heavy atom. The monoisotopic (exact) mass is 261 g/mol. The zero-order valence-corrected chi connectivity index (χ0v) is 10.2. The molecule has 0 spiro atoms. The quantitative estimate of drug-likeness (QED) is 0.572. The van der Waals surface area contributed by atoms with Crippen LogP contribution >= 0.6 is 0 Å². The summed E-state index contributed by atoms with van der Waals surface area (Å²) < 4.78 is 41.9. The second-order valence-electron chi connectivity index (χ2n) is 3.77. The van der Waals surface area contributed by atoms with Gasteiger partial charge in [-0.15, -0.1) is 0 Å². The van der Waals surface area contributed by atoms with Crippen molar-refractivity contribution < 1.29 is 17.4 Å². The molecule has 1 aromatic carbocycles. The molecule has 1 rings (SSSR count). The minimum Gasteiger partial charge on any atom is -0.316 e. The van der Waals surface area contributed by atoms with Crippen LogP contribution in [-0.2, 0) is 16.5 Å². The number of nitrogens with one attached hydrogen (secondary N) is 1. The highest BCUT2D eigenvalue weighted by Crippen LogP contribution is 2.02. The average molecular weight is 261 g/mol. The predicted octanol–water partition coefficient (Wildman–Crippen LogP) is 1.24. The standard InChI is InChI=1S/C11H16FNO3S/c12-11-4-2-10(3-5-11)6-8-13-7-1-9-17(14,15)16/h2-5,13H,1,6-9H2,(H,14,15,16). The molecule has 2 N–H and O–H groups in total. The molecule has 0 amide bonds.